The van der Waals surface area contributed by atoms with Crippen LogP contribution in [0.4, 0.5) is 0 Å². The average Bonchev–Trinajstić information content (AvgIpc) is 1.83. The minimum absolute atomic E-state index is 0.579. The van der Waals surface area contributed by atoms with Crippen molar-refractivity contribution in [3.05, 3.63) is 0 Å². The molecule has 2 heteroatoms. The van der Waals surface area contributed by atoms with E-state index in [2.05, 4.69) is 0 Å². The van der Waals surface area contributed by atoms with E-state index in [0.29, 0.717) is 12.7 Å². The third-order valence-electron chi connectivity index (χ3n) is 1.01. The molecular formula is C6H12O2. The predicted octanol–water partition coefficient (Wildman–Crippen LogP) is 0.736. The molecule has 0 unspecified atom stereocenters. The summed E-state index contributed by atoms with van der Waals surface area (Å²) in [5.41, 5.74) is 0. The number of aldehydes is 1. The molecule has 0 spiro atoms. The van der Waals surface area contributed by atoms with Crippen LogP contribution in [0.3, 0.4) is 0 Å². The number of carbonyl (C=O) groups is 1. The van der Waals surface area contributed by atoms with Gasteiger partial charge in [-0.25, -0.2) is 0 Å². The Morgan fingerprint density at radius 2 is 2.38 bits per heavy atom. The lowest BCUT2D eigenvalue weighted by molar-refractivity contribution is -0.115. The van der Waals surface area contributed by atoms with Gasteiger partial charge in [-0.05, 0) is 6.42 Å². The Morgan fingerprint density at radius 3 is 2.75 bits per heavy atom. The van der Waals surface area contributed by atoms with Gasteiger partial charge in [0.1, 0.15) is 12.4 Å². The van der Waals surface area contributed by atoms with Crippen LogP contribution in [0.25, 0.3) is 0 Å². The van der Waals surface area contributed by atoms with Gasteiger partial charge in [0.15, 0.2) is 0 Å². The largest absolute Gasteiger partial charge is 0.386 e. The van der Waals surface area contributed by atoms with Gasteiger partial charge in [-0.15, -0.1) is 0 Å². The Kier molecular flexibility index (Phi) is 4.56. The number of carbonyl (C=O) groups excluding carboxylic acids is 1. The van der Waals surface area contributed by atoms with Crippen LogP contribution in [0.15, 0.2) is 0 Å². The third kappa shape index (κ3) is 3.81. The summed E-state index contributed by atoms with van der Waals surface area (Å²) in [4.78, 5) is 9.76. The molecule has 0 heterocycles. The first-order chi connectivity index (χ1) is 3.81. The molecule has 0 saturated heterocycles. The highest BCUT2D eigenvalue weighted by molar-refractivity contribution is 5.55. The summed E-state index contributed by atoms with van der Waals surface area (Å²) >= 11 is 0. The molecule has 0 rings (SSSR count). The molecule has 0 saturated carbocycles. The molecule has 8 heavy (non-hydrogen) atoms. The normalized spacial score (nSPS) is 13.2. The lowest BCUT2D eigenvalue weighted by atomic mass is 10.2. The fourth-order valence-electron chi connectivity index (χ4n) is 0.481. The second kappa shape index (κ2) is 4.78. The van der Waals surface area contributed by atoms with Crippen molar-refractivity contribution >= 4 is 6.29 Å². The van der Waals surface area contributed by atoms with E-state index in [1.54, 1.807) is 0 Å². The molecule has 48 valence electrons. The highest BCUT2D eigenvalue weighted by atomic mass is 16.3. The molecule has 0 aliphatic heterocycles. The van der Waals surface area contributed by atoms with E-state index in [9.17, 15) is 4.79 Å². The van der Waals surface area contributed by atoms with Crippen LogP contribution < -0.4 is 0 Å². The Hall–Kier alpha value is -0.370. The summed E-state index contributed by atoms with van der Waals surface area (Å²) in [6.07, 6.45) is 2.43. The lowest BCUT2D eigenvalue weighted by Gasteiger charge is -1.97. The smallest absolute Gasteiger partial charge is 0.148 e. The SMILES string of the molecule is CCCC[C@@H](O)C=O. The molecule has 0 amide bonds. The second-order valence-electron chi connectivity index (χ2n) is 1.85. The lowest BCUT2D eigenvalue weighted by Crippen LogP contribution is -2.06. The minimum atomic E-state index is -0.727. The third-order valence-corrected chi connectivity index (χ3v) is 1.01. The van der Waals surface area contributed by atoms with Gasteiger partial charge in [0.2, 0.25) is 0 Å². The summed E-state index contributed by atoms with van der Waals surface area (Å²) < 4.78 is 0. The maximum absolute atomic E-state index is 9.76. The fourth-order valence-corrected chi connectivity index (χ4v) is 0.481. The molecule has 1 N–H and O–H groups in total. The van der Waals surface area contributed by atoms with Crippen LogP contribution >= 0.6 is 0 Å². The van der Waals surface area contributed by atoms with E-state index < -0.39 is 6.10 Å². The molecule has 0 aromatic rings. The van der Waals surface area contributed by atoms with E-state index in [1.165, 1.54) is 0 Å². The molecule has 1 atom stereocenters. The van der Waals surface area contributed by atoms with Gasteiger partial charge in [-0.2, -0.15) is 0 Å². The van der Waals surface area contributed by atoms with Gasteiger partial charge < -0.3 is 9.90 Å². The Bertz CT molecular complexity index is 61.5. The van der Waals surface area contributed by atoms with Crippen LogP contribution in [0.1, 0.15) is 26.2 Å². The van der Waals surface area contributed by atoms with Crippen molar-refractivity contribution < 1.29 is 9.90 Å². The summed E-state index contributed by atoms with van der Waals surface area (Å²) in [7, 11) is 0. The number of rotatable bonds is 4. The van der Waals surface area contributed by atoms with E-state index in [-0.39, 0.29) is 0 Å². The van der Waals surface area contributed by atoms with Crippen LogP contribution in [-0.2, 0) is 4.79 Å². The maximum atomic E-state index is 9.76. The summed E-state index contributed by atoms with van der Waals surface area (Å²) in [5.74, 6) is 0. The maximum Gasteiger partial charge on any atom is 0.148 e. The van der Waals surface area contributed by atoms with Crippen LogP contribution in [-0.4, -0.2) is 17.5 Å². The van der Waals surface area contributed by atoms with Crippen molar-refractivity contribution in [3.63, 3.8) is 0 Å². The van der Waals surface area contributed by atoms with E-state index in [0.717, 1.165) is 12.8 Å². The molecule has 0 aromatic heterocycles. The molecule has 0 aromatic carbocycles. The fraction of sp³-hybridized carbons (Fsp3) is 0.833. The first kappa shape index (κ1) is 7.63. The highest BCUT2D eigenvalue weighted by Crippen LogP contribution is 1.96. The number of unbranched alkanes of at least 4 members (excludes halogenated alkanes) is 1. The zero-order valence-electron chi connectivity index (χ0n) is 5.13. The van der Waals surface area contributed by atoms with Crippen LogP contribution in [0.5, 0.6) is 0 Å². The quantitative estimate of drug-likeness (QED) is 0.550. The first-order valence-electron chi connectivity index (χ1n) is 2.94. The molecular weight excluding hydrogens is 104 g/mol. The van der Waals surface area contributed by atoms with Crippen molar-refractivity contribution in [2.24, 2.45) is 0 Å². The number of aliphatic hydroxyl groups is 1. The summed E-state index contributed by atoms with van der Waals surface area (Å²) in [6.45, 7) is 2.03. The molecule has 0 aliphatic carbocycles. The molecule has 0 fully saturated rings. The molecule has 2 nitrogen and oxygen atoms in total. The molecule has 0 radical (unpaired) electrons. The number of hydrogen-bond donors (Lipinski definition) is 1. The zero-order chi connectivity index (χ0) is 6.41. The topological polar surface area (TPSA) is 37.3 Å². The van der Waals surface area contributed by atoms with E-state index in [4.69, 9.17) is 5.11 Å². The average molecular weight is 116 g/mol. The monoisotopic (exact) mass is 116 g/mol. The van der Waals surface area contributed by atoms with Crippen LogP contribution in [0, 0.1) is 0 Å². The number of aliphatic hydroxyl groups excluding tert-OH is 1. The van der Waals surface area contributed by atoms with Crippen molar-refractivity contribution in [1.82, 2.24) is 0 Å². The van der Waals surface area contributed by atoms with Gasteiger partial charge in [-0.3, -0.25) is 0 Å². The van der Waals surface area contributed by atoms with Gasteiger partial charge >= 0.3 is 0 Å². The highest BCUT2D eigenvalue weighted by Gasteiger charge is 1.97. The Morgan fingerprint density at radius 1 is 1.75 bits per heavy atom. The van der Waals surface area contributed by atoms with Crippen molar-refractivity contribution in [3.8, 4) is 0 Å². The van der Waals surface area contributed by atoms with Gasteiger partial charge in [0, 0.05) is 0 Å². The Labute approximate surface area is 49.5 Å². The zero-order valence-corrected chi connectivity index (χ0v) is 5.13. The predicted molar refractivity (Wildman–Crippen MR) is 31.6 cm³/mol. The van der Waals surface area contributed by atoms with Gasteiger partial charge in [0.05, 0.1) is 0 Å². The van der Waals surface area contributed by atoms with Gasteiger partial charge in [-0.1, -0.05) is 19.8 Å². The van der Waals surface area contributed by atoms with E-state index in [1.807, 2.05) is 6.92 Å². The first-order valence-corrected chi connectivity index (χ1v) is 2.94. The number of hydrogen-bond acceptors (Lipinski definition) is 2. The molecule has 0 bridgehead atoms. The molecule has 0 aliphatic rings. The summed E-state index contributed by atoms with van der Waals surface area (Å²) in [5, 5.41) is 8.62. The minimum Gasteiger partial charge on any atom is -0.386 e. The Balaban J connectivity index is 2.98. The standard InChI is InChI=1S/C6H12O2/c1-2-3-4-6(8)5-7/h5-6,8H,2-4H2,1H3/t6-/m1/s1. The van der Waals surface area contributed by atoms with Gasteiger partial charge in [0.25, 0.3) is 0 Å². The van der Waals surface area contributed by atoms with Crippen molar-refractivity contribution in [2.45, 2.75) is 32.3 Å². The van der Waals surface area contributed by atoms with Crippen molar-refractivity contribution in [1.29, 1.82) is 0 Å². The van der Waals surface area contributed by atoms with E-state index >= 15 is 0 Å². The second-order valence-corrected chi connectivity index (χ2v) is 1.85. The van der Waals surface area contributed by atoms with Crippen molar-refractivity contribution in [2.75, 3.05) is 0 Å². The summed E-state index contributed by atoms with van der Waals surface area (Å²) in [6, 6.07) is 0. The van der Waals surface area contributed by atoms with Crippen LogP contribution in [0.2, 0.25) is 0 Å².